The predicted molar refractivity (Wildman–Crippen MR) is 95.2 cm³/mol. The Labute approximate surface area is 149 Å². The molecule has 0 saturated carbocycles. The highest BCUT2D eigenvalue weighted by Gasteiger charge is 2.44. The van der Waals surface area contributed by atoms with Crippen molar-refractivity contribution < 1.29 is 8.78 Å². The number of aromatic nitrogens is 4. The molecule has 1 unspecified atom stereocenters. The molecule has 6 nitrogen and oxygen atoms in total. The van der Waals surface area contributed by atoms with Crippen LogP contribution in [0.25, 0.3) is 11.0 Å². The van der Waals surface area contributed by atoms with Crippen molar-refractivity contribution in [2.45, 2.75) is 24.8 Å². The smallest absolute Gasteiger partial charge is 0.280 e. The predicted octanol–water partition coefficient (Wildman–Crippen LogP) is 2.72. The van der Waals surface area contributed by atoms with Crippen LogP contribution in [0.15, 0.2) is 42.9 Å². The van der Waals surface area contributed by atoms with E-state index in [-0.39, 0.29) is 6.54 Å². The Hall–Kier alpha value is -2.61. The third kappa shape index (κ3) is 3.50. The number of halogens is 2. The quantitative estimate of drug-likeness (QED) is 0.734. The lowest BCUT2D eigenvalue weighted by atomic mass is 10.00. The van der Waals surface area contributed by atoms with E-state index in [1.165, 1.54) is 11.9 Å². The van der Waals surface area contributed by atoms with Crippen molar-refractivity contribution in [1.82, 2.24) is 25.1 Å². The molecule has 4 rings (SSSR count). The zero-order valence-corrected chi connectivity index (χ0v) is 14.2. The summed E-state index contributed by atoms with van der Waals surface area (Å²) in [6.07, 6.45) is 4.02. The largest absolute Gasteiger partial charge is 0.360 e. The summed E-state index contributed by atoms with van der Waals surface area (Å²) < 4.78 is 29.4. The van der Waals surface area contributed by atoms with Crippen LogP contribution in [0, 0.1) is 0 Å². The molecule has 3 aromatic rings. The summed E-state index contributed by atoms with van der Waals surface area (Å²) in [5.74, 6) is -2.44. The number of alkyl halides is 2. The first-order chi connectivity index (χ1) is 12.6. The molecule has 0 spiro atoms. The van der Waals surface area contributed by atoms with Crippen molar-refractivity contribution in [3.63, 3.8) is 0 Å². The zero-order chi connectivity index (χ0) is 18.0. The van der Waals surface area contributed by atoms with Gasteiger partial charge < -0.3 is 5.32 Å². The minimum Gasteiger partial charge on any atom is -0.360 e. The third-order valence-corrected chi connectivity index (χ3v) is 4.80. The molecule has 8 heteroatoms. The van der Waals surface area contributed by atoms with Crippen LogP contribution in [0.2, 0.25) is 0 Å². The van der Waals surface area contributed by atoms with E-state index in [4.69, 9.17) is 0 Å². The normalized spacial score (nSPS) is 20.3. The molecule has 0 amide bonds. The number of fused-ring (bicyclic) bond motifs is 1. The zero-order valence-electron chi connectivity index (χ0n) is 14.2. The molecule has 1 aliphatic heterocycles. The van der Waals surface area contributed by atoms with Gasteiger partial charge in [-0.2, -0.15) is 5.10 Å². The van der Waals surface area contributed by atoms with Gasteiger partial charge in [0.2, 0.25) is 0 Å². The van der Waals surface area contributed by atoms with E-state index >= 15 is 0 Å². The Morgan fingerprint density at radius 1 is 1.23 bits per heavy atom. The fourth-order valence-corrected chi connectivity index (χ4v) is 3.36. The second kappa shape index (κ2) is 6.95. The SMILES string of the molecule is FC1(F)CN(CCc2ccccc2)CCC1Nc1ncnc2[nH]ncc12. The van der Waals surface area contributed by atoms with Gasteiger partial charge in [0.15, 0.2) is 5.65 Å². The Balaban J connectivity index is 1.40. The van der Waals surface area contributed by atoms with Crippen LogP contribution in [0.3, 0.4) is 0 Å². The van der Waals surface area contributed by atoms with E-state index in [9.17, 15) is 8.78 Å². The Morgan fingerprint density at radius 2 is 2.08 bits per heavy atom. The first-order valence-corrected chi connectivity index (χ1v) is 8.66. The van der Waals surface area contributed by atoms with Crippen molar-refractivity contribution in [1.29, 1.82) is 0 Å². The van der Waals surface area contributed by atoms with Gasteiger partial charge >= 0.3 is 0 Å². The Morgan fingerprint density at radius 3 is 2.88 bits per heavy atom. The molecule has 2 aromatic heterocycles. The fourth-order valence-electron chi connectivity index (χ4n) is 3.36. The van der Waals surface area contributed by atoms with E-state index < -0.39 is 12.0 Å². The minimum atomic E-state index is -2.84. The number of rotatable bonds is 5. The van der Waals surface area contributed by atoms with Gasteiger partial charge in [0, 0.05) is 13.1 Å². The molecule has 136 valence electrons. The molecular formula is C18H20F2N6. The summed E-state index contributed by atoms with van der Waals surface area (Å²) in [5.41, 5.74) is 1.70. The molecule has 0 radical (unpaired) electrons. The summed E-state index contributed by atoms with van der Waals surface area (Å²) in [7, 11) is 0. The van der Waals surface area contributed by atoms with Crippen molar-refractivity contribution in [2.75, 3.05) is 25.0 Å². The van der Waals surface area contributed by atoms with Gasteiger partial charge in [0.25, 0.3) is 5.92 Å². The molecular weight excluding hydrogens is 338 g/mol. The molecule has 1 fully saturated rings. The van der Waals surface area contributed by atoms with E-state index in [1.54, 1.807) is 6.20 Å². The van der Waals surface area contributed by atoms with Gasteiger partial charge in [-0.1, -0.05) is 30.3 Å². The first-order valence-electron chi connectivity index (χ1n) is 8.66. The first kappa shape index (κ1) is 16.8. The molecule has 1 atom stereocenters. The summed E-state index contributed by atoms with van der Waals surface area (Å²) in [6, 6.07) is 8.99. The van der Waals surface area contributed by atoms with Gasteiger partial charge in [0.05, 0.1) is 24.2 Å². The van der Waals surface area contributed by atoms with Gasteiger partial charge in [-0.15, -0.1) is 0 Å². The number of H-pyrrole nitrogens is 1. The number of aromatic amines is 1. The van der Waals surface area contributed by atoms with E-state index in [1.807, 2.05) is 35.2 Å². The average Bonchev–Trinajstić information content (AvgIpc) is 3.12. The topological polar surface area (TPSA) is 69.7 Å². The van der Waals surface area contributed by atoms with E-state index in [2.05, 4.69) is 25.5 Å². The lowest BCUT2D eigenvalue weighted by Gasteiger charge is -2.38. The van der Waals surface area contributed by atoms with Crippen LogP contribution in [-0.2, 0) is 6.42 Å². The third-order valence-electron chi connectivity index (χ3n) is 4.80. The maximum Gasteiger partial charge on any atom is 0.280 e. The van der Waals surface area contributed by atoms with Crippen LogP contribution in [-0.4, -0.2) is 56.7 Å². The maximum atomic E-state index is 14.7. The monoisotopic (exact) mass is 358 g/mol. The molecule has 1 aliphatic rings. The summed E-state index contributed by atoms with van der Waals surface area (Å²) in [6.45, 7) is 1.00. The van der Waals surface area contributed by atoms with Crippen LogP contribution in [0.4, 0.5) is 14.6 Å². The molecule has 3 heterocycles. The van der Waals surface area contributed by atoms with Crippen LogP contribution < -0.4 is 5.32 Å². The second-order valence-corrected chi connectivity index (χ2v) is 6.61. The summed E-state index contributed by atoms with van der Waals surface area (Å²) >= 11 is 0. The number of nitrogens with zero attached hydrogens (tertiary/aromatic N) is 4. The number of nitrogens with one attached hydrogen (secondary N) is 2. The highest BCUT2D eigenvalue weighted by molar-refractivity contribution is 5.85. The average molecular weight is 358 g/mol. The minimum absolute atomic E-state index is 0.253. The highest BCUT2D eigenvalue weighted by Crippen LogP contribution is 2.31. The Bertz CT molecular complexity index is 866. The van der Waals surface area contributed by atoms with E-state index in [0.717, 1.165) is 6.42 Å². The van der Waals surface area contributed by atoms with Gasteiger partial charge in [-0.3, -0.25) is 10.00 Å². The standard InChI is InChI=1S/C18H20F2N6/c19-18(20)11-26(8-6-13-4-2-1-3-5-13)9-7-15(18)24-16-14-10-23-25-17(14)22-12-21-16/h1-5,10,12,15H,6-9,11H2,(H2,21,22,23,24,25). The summed E-state index contributed by atoms with van der Waals surface area (Å²) in [5, 5.41) is 10.1. The van der Waals surface area contributed by atoms with E-state index in [0.29, 0.717) is 36.4 Å². The van der Waals surface area contributed by atoms with Gasteiger partial charge in [-0.25, -0.2) is 18.7 Å². The van der Waals surface area contributed by atoms with Gasteiger partial charge in [-0.05, 0) is 18.4 Å². The second-order valence-electron chi connectivity index (χ2n) is 6.61. The summed E-state index contributed by atoms with van der Waals surface area (Å²) in [4.78, 5) is 9.97. The Kier molecular flexibility index (Phi) is 4.50. The van der Waals surface area contributed by atoms with Crippen molar-refractivity contribution in [3.8, 4) is 0 Å². The van der Waals surface area contributed by atoms with Crippen LogP contribution in [0.5, 0.6) is 0 Å². The molecule has 26 heavy (non-hydrogen) atoms. The number of piperidine rings is 1. The van der Waals surface area contributed by atoms with Crippen LogP contribution in [0.1, 0.15) is 12.0 Å². The molecule has 1 aromatic carbocycles. The lowest BCUT2D eigenvalue weighted by Crippen LogP contribution is -2.54. The lowest BCUT2D eigenvalue weighted by molar-refractivity contribution is -0.0734. The highest BCUT2D eigenvalue weighted by atomic mass is 19.3. The van der Waals surface area contributed by atoms with Crippen LogP contribution >= 0.6 is 0 Å². The molecule has 2 N–H and O–H groups in total. The number of hydrogen-bond donors (Lipinski definition) is 2. The van der Waals surface area contributed by atoms with Crippen molar-refractivity contribution in [3.05, 3.63) is 48.4 Å². The number of anilines is 1. The van der Waals surface area contributed by atoms with Crippen molar-refractivity contribution >= 4 is 16.9 Å². The molecule has 1 saturated heterocycles. The van der Waals surface area contributed by atoms with Crippen molar-refractivity contribution in [2.24, 2.45) is 0 Å². The number of likely N-dealkylation sites (tertiary alicyclic amines) is 1. The molecule has 0 bridgehead atoms. The van der Waals surface area contributed by atoms with Gasteiger partial charge in [0.1, 0.15) is 12.1 Å². The fraction of sp³-hybridized carbons (Fsp3) is 0.389. The number of hydrogen-bond acceptors (Lipinski definition) is 5. The number of benzene rings is 1. The molecule has 0 aliphatic carbocycles. The maximum absolute atomic E-state index is 14.7.